The third-order valence-electron chi connectivity index (χ3n) is 5.52. The molecule has 7 heteroatoms. The molecule has 1 atom stereocenters. The van der Waals surface area contributed by atoms with Gasteiger partial charge in [0, 0.05) is 50.7 Å². The van der Waals surface area contributed by atoms with Crippen molar-refractivity contribution in [2.24, 2.45) is 5.41 Å². The first-order valence-electron chi connectivity index (χ1n) is 9.17. The van der Waals surface area contributed by atoms with Crippen LogP contribution in [0, 0.1) is 5.41 Å². The van der Waals surface area contributed by atoms with E-state index in [-0.39, 0.29) is 17.2 Å². The Bertz CT molecular complexity index is 632. The second-order valence-electron chi connectivity index (χ2n) is 7.41. The summed E-state index contributed by atoms with van der Waals surface area (Å²) in [5.41, 5.74) is 0.465. The van der Waals surface area contributed by atoms with Gasteiger partial charge < -0.3 is 14.9 Å². The molecule has 0 saturated carbocycles. The number of aliphatic hydroxyl groups excluding tert-OH is 1. The predicted molar refractivity (Wildman–Crippen MR) is 102 cm³/mol. The molecule has 3 heterocycles. The van der Waals surface area contributed by atoms with Crippen molar-refractivity contribution in [1.29, 1.82) is 0 Å². The van der Waals surface area contributed by atoms with Crippen molar-refractivity contribution >= 4 is 23.6 Å². The molecule has 0 aliphatic carbocycles. The van der Waals surface area contributed by atoms with Crippen LogP contribution < -0.4 is 0 Å². The Balaban J connectivity index is 1.63. The van der Waals surface area contributed by atoms with E-state index in [0.29, 0.717) is 31.5 Å². The molecule has 2 aliphatic rings. The predicted octanol–water partition coefficient (Wildman–Crippen LogP) is 1.65. The van der Waals surface area contributed by atoms with Gasteiger partial charge in [-0.3, -0.25) is 14.6 Å². The zero-order valence-corrected chi connectivity index (χ0v) is 16.1. The van der Waals surface area contributed by atoms with Crippen LogP contribution in [0.4, 0.5) is 0 Å². The minimum absolute atomic E-state index is 0.0744. The van der Waals surface area contributed by atoms with Crippen molar-refractivity contribution in [3.05, 3.63) is 30.1 Å². The molecular weight excluding hydrogens is 350 g/mol. The summed E-state index contributed by atoms with van der Waals surface area (Å²) in [5, 5.41) is 10.4. The molecule has 3 rings (SSSR count). The maximum atomic E-state index is 12.8. The van der Waals surface area contributed by atoms with Gasteiger partial charge in [0.05, 0.1) is 11.7 Å². The summed E-state index contributed by atoms with van der Waals surface area (Å²) in [5.74, 6) is 0.996. The fraction of sp³-hybridized carbons (Fsp3) is 0.632. The lowest BCUT2D eigenvalue weighted by Gasteiger charge is -2.49. The number of thioether (sulfide) groups is 1. The fourth-order valence-corrected chi connectivity index (χ4v) is 4.50. The molecule has 1 unspecified atom stereocenters. The molecule has 0 bridgehead atoms. The highest BCUT2D eigenvalue weighted by atomic mass is 32.2. The van der Waals surface area contributed by atoms with Gasteiger partial charge in [-0.15, -0.1) is 0 Å². The summed E-state index contributed by atoms with van der Waals surface area (Å²) in [4.78, 5) is 32.7. The monoisotopic (exact) mass is 377 g/mol. The van der Waals surface area contributed by atoms with E-state index < -0.39 is 6.10 Å². The number of pyridine rings is 1. The number of amides is 2. The van der Waals surface area contributed by atoms with Crippen molar-refractivity contribution in [3.8, 4) is 0 Å². The topological polar surface area (TPSA) is 73.7 Å². The first-order valence-corrected chi connectivity index (χ1v) is 10.6. The molecule has 2 fully saturated rings. The molecule has 1 spiro atoms. The average molecular weight is 378 g/mol. The maximum absolute atomic E-state index is 12.8. The molecule has 1 N–H and O–H groups in total. The third kappa shape index (κ3) is 4.38. The normalized spacial score (nSPS) is 22.5. The van der Waals surface area contributed by atoms with Gasteiger partial charge in [0.1, 0.15) is 0 Å². The molecule has 0 aromatic carbocycles. The van der Waals surface area contributed by atoms with Gasteiger partial charge >= 0.3 is 0 Å². The molecule has 0 radical (unpaired) electrons. The van der Waals surface area contributed by atoms with Crippen LogP contribution in [0.25, 0.3) is 0 Å². The van der Waals surface area contributed by atoms with Crippen LogP contribution in [-0.2, 0) is 4.79 Å². The largest absolute Gasteiger partial charge is 0.391 e. The van der Waals surface area contributed by atoms with Crippen LogP contribution in [-0.4, -0.2) is 76.0 Å². The Morgan fingerprint density at radius 2 is 2.12 bits per heavy atom. The zero-order chi connectivity index (χ0) is 18.6. The number of carbonyl (C=O) groups excluding carboxylic acids is 2. The highest BCUT2D eigenvalue weighted by Gasteiger charge is 2.43. The molecule has 1 aromatic heterocycles. The zero-order valence-electron chi connectivity index (χ0n) is 15.3. The van der Waals surface area contributed by atoms with Crippen LogP contribution >= 0.6 is 11.8 Å². The van der Waals surface area contributed by atoms with E-state index in [9.17, 15) is 14.7 Å². The summed E-state index contributed by atoms with van der Waals surface area (Å²) >= 11 is 1.69. The molecule has 1 aromatic rings. The van der Waals surface area contributed by atoms with E-state index in [2.05, 4.69) is 4.98 Å². The Morgan fingerprint density at radius 3 is 2.77 bits per heavy atom. The highest BCUT2D eigenvalue weighted by molar-refractivity contribution is 7.98. The van der Waals surface area contributed by atoms with Gasteiger partial charge in [-0.05, 0) is 43.1 Å². The van der Waals surface area contributed by atoms with E-state index in [1.807, 2.05) is 11.2 Å². The van der Waals surface area contributed by atoms with E-state index in [0.717, 1.165) is 31.7 Å². The lowest BCUT2D eigenvalue weighted by molar-refractivity contribution is -0.134. The summed E-state index contributed by atoms with van der Waals surface area (Å²) in [6.45, 7) is 2.44. The Morgan fingerprint density at radius 1 is 1.35 bits per heavy atom. The van der Waals surface area contributed by atoms with Crippen molar-refractivity contribution in [2.75, 3.05) is 38.2 Å². The summed E-state index contributed by atoms with van der Waals surface area (Å²) < 4.78 is 0. The number of piperidine rings is 2. The number of β-amino-alcohol motifs (C(OH)–C–C–N with tert-alkyl or cyclic N) is 1. The standard InChI is InChI=1S/C19H27N3O3S/c1-26-10-4-17(24)21-8-5-19(6-9-21)11-16(23)13-22(14-19)18(25)15-3-2-7-20-12-15/h2-3,7,12,16,23H,4-6,8-11,13-14H2,1H3. The van der Waals surface area contributed by atoms with Crippen LogP contribution in [0.2, 0.25) is 0 Å². The molecule has 26 heavy (non-hydrogen) atoms. The number of nitrogens with zero attached hydrogens (tertiary/aromatic N) is 3. The summed E-state index contributed by atoms with van der Waals surface area (Å²) in [7, 11) is 0. The molecule has 2 saturated heterocycles. The quantitative estimate of drug-likeness (QED) is 0.864. The van der Waals surface area contributed by atoms with Gasteiger partial charge in [-0.1, -0.05) is 0 Å². The lowest BCUT2D eigenvalue weighted by Crippen LogP contribution is -2.55. The van der Waals surface area contributed by atoms with Crippen molar-refractivity contribution in [3.63, 3.8) is 0 Å². The number of aliphatic hydroxyl groups is 1. The van der Waals surface area contributed by atoms with E-state index >= 15 is 0 Å². The molecule has 142 valence electrons. The maximum Gasteiger partial charge on any atom is 0.255 e. The summed E-state index contributed by atoms with van der Waals surface area (Å²) in [6.07, 6.45) is 7.69. The minimum atomic E-state index is -0.511. The highest BCUT2D eigenvalue weighted by Crippen LogP contribution is 2.40. The van der Waals surface area contributed by atoms with Crippen LogP contribution in [0.5, 0.6) is 0 Å². The number of carbonyl (C=O) groups is 2. The second kappa shape index (κ2) is 8.39. The first kappa shape index (κ1) is 19.2. The SMILES string of the molecule is CSCCC(=O)N1CCC2(CC1)CC(O)CN(C(=O)c1cccnc1)C2. The minimum Gasteiger partial charge on any atom is -0.391 e. The number of likely N-dealkylation sites (tertiary alicyclic amines) is 2. The van der Waals surface area contributed by atoms with Gasteiger partial charge in [-0.25, -0.2) is 0 Å². The fourth-order valence-electron chi connectivity index (χ4n) is 4.12. The molecule has 6 nitrogen and oxygen atoms in total. The number of hydrogen-bond acceptors (Lipinski definition) is 5. The average Bonchev–Trinajstić information content (AvgIpc) is 2.66. The first-order chi connectivity index (χ1) is 12.5. The van der Waals surface area contributed by atoms with Gasteiger partial charge in [0.2, 0.25) is 5.91 Å². The van der Waals surface area contributed by atoms with E-state index in [1.165, 1.54) is 0 Å². The van der Waals surface area contributed by atoms with Gasteiger partial charge in [0.25, 0.3) is 5.91 Å². The number of hydrogen-bond donors (Lipinski definition) is 1. The molecule has 2 amide bonds. The van der Waals surface area contributed by atoms with Gasteiger partial charge in [0.15, 0.2) is 0 Å². The molecule has 2 aliphatic heterocycles. The smallest absolute Gasteiger partial charge is 0.255 e. The van der Waals surface area contributed by atoms with Crippen LogP contribution in [0.15, 0.2) is 24.5 Å². The van der Waals surface area contributed by atoms with E-state index in [1.54, 1.807) is 41.2 Å². The Labute approximate surface area is 159 Å². The van der Waals surface area contributed by atoms with Crippen molar-refractivity contribution in [1.82, 2.24) is 14.8 Å². The van der Waals surface area contributed by atoms with E-state index in [4.69, 9.17) is 0 Å². The Kier molecular flexibility index (Phi) is 6.19. The van der Waals surface area contributed by atoms with Crippen LogP contribution in [0.3, 0.4) is 0 Å². The Hall–Kier alpha value is -1.60. The van der Waals surface area contributed by atoms with Crippen LogP contribution in [0.1, 0.15) is 36.0 Å². The second-order valence-corrected chi connectivity index (χ2v) is 8.39. The molecular formula is C19H27N3O3S. The van der Waals surface area contributed by atoms with Crippen molar-refractivity contribution in [2.45, 2.75) is 31.8 Å². The third-order valence-corrected chi connectivity index (χ3v) is 6.13. The number of aromatic nitrogens is 1. The summed E-state index contributed by atoms with van der Waals surface area (Å²) in [6, 6.07) is 3.51. The number of rotatable bonds is 4. The van der Waals surface area contributed by atoms with Gasteiger partial charge in [-0.2, -0.15) is 11.8 Å². The van der Waals surface area contributed by atoms with Crippen molar-refractivity contribution < 1.29 is 14.7 Å². The lowest BCUT2D eigenvalue weighted by atomic mass is 9.71.